The normalized spacial score (nSPS) is 17.5. The first-order valence-electron chi connectivity index (χ1n) is 8.36. The molecule has 0 bridgehead atoms. The number of amides is 1. The van der Waals surface area contributed by atoms with E-state index < -0.39 is 0 Å². The number of thioether (sulfide) groups is 1. The highest BCUT2D eigenvalue weighted by atomic mass is 32.2. The summed E-state index contributed by atoms with van der Waals surface area (Å²) in [6, 6.07) is 12.0. The van der Waals surface area contributed by atoms with Crippen molar-refractivity contribution in [2.75, 3.05) is 16.0 Å². The number of fused-ring (bicyclic) bond motifs is 1. The van der Waals surface area contributed by atoms with Crippen LogP contribution in [0.3, 0.4) is 0 Å². The molecule has 0 spiro atoms. The standard InChI is InChI=1S/C19H23N3OS/c1-4-24-18-10-9-16(12-20-18)21-14(3)19(23)22-13(2)11-15-7-5-6-8-17(15)22/h5-10,12-14,21H,4,11H2,1-3H3/t13-,14+/m0/s1. The van der Waals surface area contributed by atoms with Crippen molar-refractivity contribution in [3.05, 3.63) is 48.2 Å². The van der Waals surface area contributed by atoms with Crippen LogP contribution in [0.4, 0.5) is 11.4 Å². The maximum Gasteiger partial charge on any atom is 0.249 e. The molecule has 4 nitrogen and oxygen atoms in total. The highest BCUT2D eigenvalue weighted by molar-refractivity contribution is 7.99. The van der Waals surface area contributed by atoms with Crippen molar-refractivity contribution in [3.63, 3.8) is 0 Å². The Morgan fingerprint density at radius 2 is 2.17 bits per heavy atom. The molecule has 1 aliphatic heterocycles. The summed E-state index contributed by atoms with van der Waals surface area (Å²) >= 11 is 1.71. The minimum absolute atomic E-state index is 0.0967. The SMILES string of the molecule is CCSc1ccc(N[C@H](C)C(=O)N2c3ccccc3C[C@@H]2C)cn1. The van der Waals surface area contributed by atoms with E-state index in [-0.39, 0.29) is 18.0 Å². The first-order chi connectivity index (χ1) is 11.6. The molecule has 2 aromatic rings. The zero-order valence-corrected chi connectivity index (χ0v) is 15.1. The minimum Gasteiger partial charge on any atom is -0.373 e. The number of hydrogen-bond donors (Lipinski definition) is 1. The predicted octanol–water partition coefficient (Wildman–Crippen LogP) is 3.97. The summed E-state index contributed by atoms with van der Waals surface area (Å²) in [7, 11) is 0. The summed E-state index contributed by atoms with van der Waals surface area (Å²) < 4.78 is 0. The van der Waals surface area contributed by atoms with Crippen molar-refractivity contribution in [2.24, 2.45) is 0 Å². The van der Waals surface area contributed by atoms with Gasteiger partial charge in [-0.1, -0.05) is 25.1 Å². The molecule has 126 valence electrons. The van der Waals surface area contributed by atoms with Gasteiger partial charge in [-0.05, 0) is 49.8 Å². The Balaban J connectivity index is 1.71. The third-order valence-electron chi connectivity index (χ3n) is 4.23. The summed E-state index contributed by atoms with van der Waals surface area (Å²) in [5.74, 6) is 1.10. The number of nitrogens with zero attached hydrogens (tertiary/aromatic N) is 2. The molecule has 1 aromatic heterocycles. The number of pyridine rings is 1. The molecule has 5 heteroatoms. The van der Waals surface area contributed by atoms with Crippen LogP contribution in [0.25, 0.3) is 0 Å². The fraction of sp³-hybridized carbons (Fsp3) is 0.368. The molecule has 0 saturated heterocycles. The van der Waals surface area contributed by atoms with Crippen LogP contribution in [-0.4, -0.2) is 28.7 Å². The predicted molar refractivity (Wildman–Crippen MR) is 101 cm³/mol. The van der Waals surface area contributed by atoms with Crippen LogP contribution < -0.4 is 10.2 Å². The second-order valence-corrected chi connectivity index (χ2v) is 7.36. The fourth-order valence-electron chi connectivity index (χ4n) is 3.12. The van der Waals surface area contributed by atoms with E-state index in [1.807, 2.05) is 42.2 Å². The first-order valence-corrected chi connectivity index (χ1v) is 9.35. The van der Waals surface area contributed by atoms with Crippen molar-refractivity contribution in [1.29, 1.82) is 0 Å². The summed E-state index contributed by atoms with van der Waals surface area (Å²) in [4.78, 5) is 19.3. The molecule has 0 unspecified atom stereocenters. The molecule has 0 fully saturated rings. The topological polar surface area (TPSA) is 45.2 Å². The van der Waals surface area contributed by atoms with E-state index >= 15 is 0 Å². The molecule has 3 rings (SSSR count). The smallest absolute Gasteiger partial charge is 0.249 e. The second kappa shape index (κ2) is 7.26. The number of carbonyl (C=O) groups is 1. The van der Waals surface area contributed by atoms with Gasteiger partial charge in [-0.15, -0.1) is 11.8 Å². The summed E-state index contributed by atoms with van der Waals surface area (Å²) in [6.45, 7) is 6.11. The van der Waals surface area contributed by atoms with Crippen molar-refractivity contribution in [3.8, 4) is 0 Å². The monoisotopic (exact) mass is 341 g/mol. The van der Waals surface area contributed by atoms with Crippen LogP contribution in [0.1, 0.15) is 26.3 Å². The molecule has 2 heterocycles. The van der Waals surface area contributed by atoms with Gasteiger partial charge in [-0.25, -0.2) is 4.98 Å². The lowest BCUT2D eigenvalue weighted by atomic mass is 10.1. The maximum absolute atomic E-state index is 12.9. The van der Waals surface area contributed by atoms with Gasteiger partial charge in [0.2, 0.25) is 5.91 Å². The van der Waals surface area contributed by atoms with Crippen molar-refractivity contribution in [2.45, 2.75) is 44.3 Å². The zero-order chi connectivity index (χ0) is 17.1. The van der Waals surface area contributed by atoms with Gasteiger partial charge in [-0.3, -0.25) is 4.79 Å². The number of anilines is 2. The van der Waals surface area contributed by atoms with Gasteiger partial charge in [0.05, 0.1) is 16.9 Å². The average molecular weight is 341 g/mol. The number of hydrogen-bond acceptors (Lipinski definition) is 4. The number of benzene rings is 1. The molecule has 1 aliphatic rings. The number of carbonyl (C=O) groups excluding carboxylic acids is 1. The van der Waals surface area contributed by atoms with E-state index in [0.29, 0.717) is 0 Å². The molecule has 1 N–H and O–H groups in total. The van der Waals surface area contributed by atoms with Gasteiger partial charge in [0.25, 0.3) is 0 Å². The van der Waals surface area contributed by atoms with Crippen LogP contribution in [0.15, 0.2) is 47.6 Å². The lowest BCUT2D eigenvalue weighted by molar-refractivity contribution is -0.119. The number of rotatable bonds is 5. The van der Waals surface area contributed by atoms with Crippen LogP contribution in [0, 0.1) is 0 Å². The highest BCUT2D eigenvalue weighted by Gasteiger charge is 2.32. The highest BCUT2D eigenvalue weighted by Crippen LogP contribution is 2.32. The van der Waals surface area contributed by atoms with Gasteiger partial charge in [-0.2, -0.15) is 0 Å². The van der Waals surface area contributed by atoms with Gasteiger partial charge < -0.3 is 10.2 Å². The van der Waals surface area contributed by atoms with E-state index in [1.165, 1.54) is 5.56 Å². The van der Waals surface area contributed by atoms with E-state index in [4.69, 9.17) is 0 Å². The van der Waals surface area contributed by atoms with Crippen molar-refractivity contribution < 1.29 is 4.79 Å². The van der Waals surface area contributed by atoms with Crippen LogP contribution in [-0.2, 0) is 11.2 Å². The fourth-order valence-corrected chi connectivity index (χ4v) is 3.71. The van der Waals surface area contributed by atoms with Crippen LogP contribution in [0.5, 0.6) is 0 Å². The maximum atomic E-state index is 12.9. The molecule has 0 aliphatic carbocycles. The van der Waals surface area contributed by atoms with Crippen LogP contribution >= 0.6 is 11.8 Å². The lowest BCUT2D eigenvalue weighted by Crippen LogP contribution is -2.44. The third kappa shape index (κ3) is 3.41. The Kier molecular flexibility index (Phi) is 5.09. The molecule has 0 saturated carbocycles. The number of para-hydroxylation sites is 1. The molecule has 0 radical (unpaired) electrons. The number of nitrogens with one attached hydrogen (secondary N) is 1. The Bertz CT molecular complexity index is 717. The number of aromatic nitrogens is 1. The average Bonchev–Trinajstić information content (AvgIpc) is 2.92. The second-order valence-electron chi connectivity index (χ2n) is 6.07. The summed E-state index contributed by atoms with van der Waals surface area (Å²) in [5, 5.41) is 4.28. The molecule has 1 aromatic carbocycles. The first kappa shape index (κ1) is 16.8. The minimum atomic E-state index is -0.301. The molecule has 2 atom stereocenters. The molecular formula is C19H23N3OS. The largest absolute Gasteiger partial charge is 0.373 e. The van der Waals surface area contributed by atoms with E-state index in [9.17, 15) is 4.79 Å². The Labute approximate surface area is 147 Å². The molecular weight excluding hydrogens is 318 g/mol. The zero-order valence-electron chi connectivity index (χ0n) is 14.3. The Hall–Kier alpha value is -2.01. The van der Waals surface area contributed by atoms with Gasteiger partial charge in [0.15, 0.2) is 0 Å². The summed E-state index contributed by atoms with van der Waals surface area (Å²) in [6.07, 6.45) is 2.71. The Morgan fingerprint density at radius 3 is 2.88 bits per heavy atom. The van der Waals surface area contributed by atoms with E-state index in [1.54, 1.807) is 18.0 Å². The van der Waals surface area contributed by atoms with E-state index in [0.717, 1.165) is 28.6 Å². The van der Waals surface area contributed by atoms with Gasteiger partial charge >= 0.3 is 0 Å². The third-order valence-corrected chi connectivity index (χ3v) is 5.05. The van der Waals surface area contributed by atoms with Crippen LogP contribution in [0.2, 0.25) is 0 Å². The van der Waals surface area contributed by atoms with Gasteiger partial charge in [0.1, 0.15) is 6.04 Å². The Morgan fingerprint density at radius 1 is 1.38 bits per heavy atom. The summed E-state index contributed by atoms with van der Waals surface area (Å²) in [5.41, 5.74) is 3.15. The quantitative estimate of drug-likeness (QED) is 0.836. The molecule has 1 amide bonds. The van der Waals surface area contributed by atoms with E-state index in [2.05, 4.69) is 30.2 Å². The van der Waals surface area contributed by atoms with Gasteiger partial charge in [0, 0.05) is 11.7 Å². The lowest BCUT2D eigenvalue weighted by Gasteiger charge is -2.27. The molecule has 24 heavy (non-hydrogen) atoms. The van der Waals surface area contributed by atoms with Crippen molar-refractivity contribution in [1.82, 2.24) is 4.98 Å². The van der Waals surface area contributed by atoms with Crippen molar-refractivity contribution >= 4 is 29.0 Å².